The summed E-state index contributed by atoms with van der Waals surface area (Å²) in [6.07, 6.45) is 6.65. The molecule has 1 aliphatic carbocycles. The van der Waals surface area contributed by atoms with E-state index in [-0.39, 0.29) is 5.91 Å². The number of benzene rings is 1. The van der Waals surface area contributed by atoms with Gasteiger partial charge in [0.2, 0.25) is 0 Å². The second kappa shape index (κ2) is 10.2. The highest BCUT2D eigenvalue weighted by Gasteiger charge is 2.27. The number of ether oxygens (including phenoxy) is 2. The highest BCUT2D eigenvalue weighted by Crippen LogP contribution is 2.29. The van der Waals surface area contributed by atoms with Gasteiger partial charge >= 0.3 is 0 Å². The van der Waals surface area contributed by atoms with Gasteiger partial charge in [0, 0.05) is 23.7 Å². The molecule has 3 N–H and O–H groups in total. The fraction of sp³-hybridized carbons (Fsp3) is 0.500. The van der Waals surface area contributed by atoms with Gasteiger partial charge in [-0.1, -0.05) is 26.7 Å². The highest BCUT2D eigenvalue weighted by atomic mass is 32.1. The van der Waals surface area contributed by atoms with Crippen LogP contribution in [0.5, 0.6) is 11.5 Å². The van der Waals surface area contributed by atoms with Gasteiger partial charge in [0.15, 0.2) is 5.11 Å². The number of thiocarbonyl (C=S) groups is 1. The lowest BCUT2D eigenvalue weighted by atomic mass is 9.78. The molecule has 0 saturated heterocycles. The molecule has 0 unspecified atom stereocenters. The SMILES string of the molecule is COc1ccc(/C=C/C(=O)NNC(=S)N[C@H]2CCC[C@H](C)[C@H]2C)c(OC)c1. The van der Waals surface area contributed by atoms with Gasteiger partial charge in [-0.2, -0.15) is 0 Å². The first-order valence-electron chi connectivity index (χ1n) is 9.21. The van der Waals surface area contributed by atoms with Crippen LogP contribution in [0.3, 0.4) is 0 Å². The standard InChI is InChI=1S/C20H29N3O3S/c1-13-6-5-7-17(14(13)2)21-20(27)23-22-19(24)11-9-15-8-10-16(25-3)12-18(15)26-4/h8-14,17H,5-7H2,1-4H3,(H,22,24)(H2,21,23,27)/b11-9+/t13-,14+,17-/m0/s1. The summed E-state index contributed by atoms with van der Waals surface area (Å²) in [5.41, 5.74) is 6.13. The maximum atomic E-state index is 12.0. The fourth-order valence-corrected chi connectivity index (χ4v) is 3.47. The molecule has 0 aromatic heterocycles. The van der Waals surface area contributed by atoms with E-state index in [1.165, 1.54) is 18.9 Å². The second-order valence-electron chi connectivity index (χ2n) is 6.90. The Balaban J connectivity index is 1.83. The maximum Gasteiger partial charge on any atom is 0.262 e. The van der Waals surface area contributed by atoms with E-state index in [2.05, 4.69) is 30.0 Å². The average molecular weight is 392 g/mol. The van der Waals surface area contributed by atoms with Crippen LogP contribution in [0.25, 0.3) is 6.08 Å². The van der Waals surface area contributed by atoms with E-state index in [1.54, 1.807) is 26.4 Å². The molecular weight excluding hydrogens is 362 g/mol. The summed E-state index contributed by atoms with van der Waals surface area (Å²) < 4.78 is 10.5. The van der Waals surface area contributed by atoms with Crippen LogP contribution >= 0.6 is 12.2 Å². The number of amides is 1. The first kappa shape index (κ1) is 21.0. The lowest BCUT2D eigenvalue weighted by molar-refractivity contribution is -0.116. The van der Waals surface area contributed by atoms with Crippen molar-refractivity contribution in [2.24, 2.45) is 11.8 Å². The molecule has 1 aliphatic rings. The largest absolute Gasteiger partial charge is 0.497 e. The maximum absolute atomic E-state index is 12.0. The van der Waals surface area contributed by atoms with E-state index in [0.717, 1.165) is 12.0 Å². The Hall–Kier alpha value is -2.28. The van der Waals surface area contributed by atoms with Crippen molar-refractivity contribution in [2.45, 2.75) is 39.2 Å². The minimum Gasteiger partial charge on any atom is -0.497 e. The number of rotatable bonds is 5. The van der Waals surface area contributed by atoms with Gasteiger partial charge in [-0.3, -0.25) is 15.6 Å². The molecule has 27 heavy (non-hydrogen) atoms. The first-order chi connectivity index (χ1) is 12.9. The molecule has 0 aliphatic heterocycles. The molecule has 1 aromatic rings. The van der Waals surface area contributed by atoms with Crippen molar-refractivity contribution in [1.82, 2.24) is 16.2 Å². The van der Waals surface area contributed by atoms with Gasteiger partial charge < -0.3 is 14.8 Å². The van der Waals surface area contributed by atoms with Crippen LogP contribution in [-0.4, -0.2) is 31.3 Å². The van der Waals surface area contributed by atoms with E-state index in [9.17, 15) is 4.79 Å². The molecule has 2 rings (SSSR count). The van der Waals surface area contributed by atoms with Crippen molar-refractivity contribution in [3.05, 3.63) is 29.8 Å². The van der Waals surface area contributed by atoms with Crippen molar-refractivity contribution >= 4 is 29.3 Å². The molecule has 0 heterocycles. The van der Waals surface area contributed by atoms with E-state index in [0.29, 0.717) is 34.5 Å². The van der Waals surface area contributed by atoms with Crippen LogP contribution in [0.15, 0.2) is 24.3 Å². The van der Waals surface area contributed by atoms with Gasteiger partial charge in [-0.25, -0.2) is 0 Å². The van der Waals surface area contributed by atoms with Gasteiger partial charge in [0.05, 0.1) is 14.2 Å². The average Bonchev–Trinajstić information content (AvgIpc) is 2.68. The van der Waals surface area contributed by atoms with Gasteiger partial charge in [-0.05, 0) is 48.7 Å². The Kier molecular flexibility index (Phi) is 7.91. The summed E-state index contributed by atoms with van der Waals surface area (Å²) in [7, 11) is 3.17. The molecule has 6 nitrogen and oxygen atoms in total. The Labute approximate surface area is 166 Å². The monoisotopic (exact) mass is 391 g/mol. The zero-order chi connectivity index (χ0) is 19.8. The van der Waals surface area contributed by atoms with Crippen molar-refractivity contribution < 1.29 is 14.3 Å². The minimum absolute atomic E-state index is 0.304. The smallest absolute Gasteiger partial charge is 0.262 e. The Morgan fingerprint density at radius 3 is 2.67 bits per heavy atom. The Bertz CT molecular complexity index is 693. The lowest BCUT2D eigenvalue weighted by Crippen LogP contribution is -2.52. The van der Waals surface area contributed by atoms with E-state index >= 15 is 0 Å². The predicted molar refractivity (Wildman–Crippen MR) is 112 cm³/mol. The molecule has 1 saturated carbocycles. The molecule has 148 valence electrons. The third kappa shape index (κ3) is 6.13. The zero-order valence-electron chi connectivity index (χ0n) is 16.4. The molecule has 1 aromatic carbocycles. The summed E-state index contributed by atoms with van der Waals surface area (Å²) in [6, 6.07) is 5.74. The number of nitrogens with one attached hydrogen (secondary N) is 3. The molecule has 1 fully saturated rings. The zero-order valence-corrected chi connectivity index (χ0v) is 17.2. The van der Waals surface area contributed by atoms with Gasteiger partial charge in [0.25, 0.3) is 5.91 Å². The van der Waals surface area contributed by atoms with Crippen molar-refractivity contribution in [1.29, 1.82) is 0 Å². The Morgan fingerprint density at radius 1 is 1.19 bits per heavy atom. The van der Waals surface area contributed by atoms with Crippen molar-refractivity contribution in [2.75, 3.05) is 14.2 Å². The van der Waals surface area contributed by atoms with Gasteiger partial charge in [0.1, 0.15) is 11.5 Å². The van der Waals surface area contributed by atoms with Crippen LogP contribution in [0.4, 0.5) is 0 Å². The van der Waals surface area contributed by atoms with Crippen LogP contribution < -0.4 is 25.6 Å². The summed E-state index contributed by atoms with van der Waals surface area (Å²) in [5.74, 6) is 2.25. The first-order valence-corrected chi connectivity index (χ1v) is 9.62. The molecule has 1 amide bonds. The normalized spacial score (nSPS) is 22.1. The molecule has 7 heteroatoms. The lowest BCUT2D eigenvalue weighted by Gasteiger charge is -2.35. The second-order valence-corrected chi connectivity index (χ2v) is 7.31. The van der Waals surface area contributed by atoms with Crippen LogP contribution in [0.2, 0.25) is 0 Å². The molecular formula is C20H29N3O3S. The number of hydrazine groups is 1. The van der Waals surface area contributed by atoms with E-state index in [1.807, 2.05) is 12.1 Å². The molecule has 0 spiro atoms. The summed E-state index contributed by atoms with van der Waals surface area (Å²) in [6.45, 7) is 4.52. The third-order valence-corrected chi connectivity index (χ3v) is 5.40. The van der Waals surface area contributed by atoms with Gasteiger partial charge in [-0.15, -0.1) is 0 Å². The topological polar surface area (TPSA) is 71.6 Å². The minimum atomic E-state index is -0.304. The van der Waals surface area contributed by atoms with Crippen molar-refractivity contribution in [3.63, 3.8) is 0 Å². The predicted octanol–water partition coefficient (Wildman–Crippen LogP) is 3.04. The van der Waals surface area contributed by atoms with Crippen LogP contribution in [0, 0.1) is 11.8 Å². The number of hydrogen-bond donors (Lipinski definition) is 3. The molecule has 3 atom stereocenters. The summed E-state index contributed by atoms with van der Waals surface area (Å²) in [4.78, 5) is 12.0. The quantitative estimate of drug-likeness (QED) is 0.407. The highest BCUT2D eigenvalue weighted by molar-refractivity contribution is 7.80. The molecule has 0 bridgehead atoms. The summed E-state index contributed by atoms with van der Waals surface area (Å²) in [5, 5.41) is 3.74. The number of carbonyl (C=O) groups is 1. The third-order valence-electron chi connectivity index (χ3n) is 5.18. The number of methoxy groups -OCH3 is 2. The number of carbonyl (C=O) groups excluding carboxylic acids is 1. The fourth-order valence-electron chi connectivity index (χ4n) is 3.27. The summed E-state index contributed by atoms with van der Waals surface area (Å²) >= 11 is 5.29. The van der Waals surface area contributed by atoms with Crippen molar-refractivity contribution in [3.8, 4) is 11.5 Å². The number of hydrogen-bond acceptors (Lipinski definition) is 4. The Morgan fingerprint density at radius 2 is 1.96 bits per heavy atom. The van der Waals surface area contributed by atoms with Crippen LogP contribution in [-0.2, 0) is 4.79 Å². The van der Waals surface area contributed by atoms with E-state index < -0.39 is 0 Å². The van der Waals surface area contributed by atoms with E-state index in [4.69, 9.17) is 21.7 Å². The van der Waals surface area contributed by atoms with Crippen LogP contribution in [0.1, 0.15) is 38.7 Å². The molecule has 0 radical (unpaired) electrons.